The van der Waals surface area contributed by atoms with Gasteiger partial charge in [-0.3, -0.25) is 19.1 Å². The van der Waals surface area contributed by atoms with Gasteiger partial charge in [0.05, 0.1) is 12.3 Å². The number of rotatable bonds is 8. The number of amides is 1. The number of hydrogen-bond acceptors (Lipinski definition) is 8. The second kappa shape index (κ2) is 10.4. The fourth-order valence-corrected chi connectivity index (χ4v) is 4.14. The van der Waals surface area contributed by atoms with E-state index in [9.17, 15) is 14.4 Å². The summed E-state index contributed by atoms with van der Waals surface area (Å²) in [6, 6.07) is 16.8. The van der Waals surface area contributed by atoms with Crippen LogP contribution in [-0.4, -0.2) is 38.0 Å². The molecule has 4 aromatic rings. The molecule has 4 rings (SSSR count). The number of benzene rings is 2. The Morgan fingerprint density at radius 2 is 1.83 bits per heavy atom. The van der Waals surface area contributed by atoms with Gasteiger partial charge < -0.3 is 15.1 Å². The van der Waals surface area contributed by atoms with E-state index in [1.807, 2.05) is 61.5 Å². The summed E-state index contributed by atoms with van der Waals surface area (Å²) >= 11 is 1.05. The number of carbonyl (C=O) groups is 1. The first-order valence-electron chi connectivity index (χ1n) is 10.9. The Balaban J connectivity index is 1.53. The van der Waals surface area contributed by atoms with Crippen LogP contribution in [0.3, 0.4) is 0 Å². The van der Waals surface area contributed by atoms with Gasteiger partial charge in [0.1, 0.15) is 5.82 Å². The lowest BCUT2D eigenvalue weighted by atomic mass is 10.1. The van der Waals surface area contributed by atoms with E-state index in [0.717, 1.165) is 28.5 Å². The molecule has 10 nitrogen and oxygen atoms in total. The van der Waals surface area contributed by atoms with Gasteiger partial charge in [-0.15, -0.1) is 10.2 Å². The molecule has 0 aliphatic heterocycles. The second-order valence-corrected chi connectivity index (χ2v) is 8.66. The fraction of sp³-hybridized carbons (Fsp3) is 0.208. The number of anilines is 2. The van der Waals surface area contributed by atoms with Crippen LogP contribution in [0.25, 0.3) is 11.5 Å². The number of thioether (sulfide) groups is 1. The average molecular weight is 493 g/mol. The molecule has 0 spiro atoms. The van der Waals surface area contributed by atoms with Crippen molar-refractivity contribution in [2.24, 2.45) is 0 Å². The van der Waals surface area contributed by atoms with E-state index in [4.69, 9.17) is 10.2 Å². The van der Waals surface area contributed by atoms with Crippen LogP contribution < -0.4 is 21.9 Å². The molecule has 0 saturated carbocycles. The van der Waals surface area contributed by atoms with E-state index in [1.54, 1.807) is 6.92 Å². The third-order valence-corrected chi connectivity index (χ3v) is 6.11. The molecule has 0 aliphatic rings. The minimum Gasteiger partial charge on any atom is -0.411 e. The zero-order valence-electron chi connectivity index (χ0n) is 19.2. The predicted octanol–water partition coefficient (Wildman–Crippen LogP) is 2.67. The van der Waals surface area contributed by atoms with Crippen molar-refractivity contribution in [2.75, 3.05) is 22.9 Å². The predicted molar refractivity (Wildman–Crippen MR) is 135 cm³/mol. The van der Waals surface area contributed by atoms with Crippen molar-refractivity contribution >= 4 is 29.2 Å². The number of nitrogens with one attached hydrogen (secondary N) is 1. The van der Waals surface area contributed by atoms with Crippen molar-refractivity contribution < 1.29 is 9.21 Å². The van der Waals surface area contributed by atoms with Crippen LogP contribution in [0.15, 0.2) is 73.8 Å². The maximum absolute atomic E-state index is 13.0. The van der Waals surface area contributed by atoms with Crippen molar-refractivity contribution in [3.8, 4) is 11.5 Å². The first-order chi connectivity index (χ1) is 16.9. The smallest absolute Gasteiger partial charge is 0.330 e. The Morgan fingerprint density at radius 1 is 1.11 bits per heavy atom. The van der Waals surface area contributed by atoms with E-state index in [2.05, 4.69) is 15.2 Å². The number of nitrogens with zero attached hydrogens (tertiary/aromatic N) is 4. The number of aryl methyl sites for hydroxylation is 1. The van der Waals surface area contributed by atoms with E-state index in [1.165, 1.54) is 9.47 Å². The average Bonchev–Trinajstić information content (AvgIpc) is 3.33. The van der Waals surface area contributed by atoms with Crippen LogP contribution >= 0.6 is 11.8 Å². The summed E-state index contributed by atoms with van der Waals surface area (Å²) < 4.78 is 6.90. The molecule has 180 valence electrons. The molecule has 2 aromatic carbocycles. The van der Waals surface area contributed by atoms with Gasteiger partial charge in [0.2, 0.25) is 11.8 Å². The van der Waals surface area contributed by atoms with Crippen molar-refractivity contribution in [3.05, 3.63) is 86.6 Å². The maximum atomic E-state index is 13.0. The number of carbonyl (C=O) groups excluding carboxylic acids is 1. The molecule has 11 heteroatoms. The molecule has 0 radical (unpaired) electrons. The number of aromatic amines is 1. The van der Waals surface area contributed by atoms with Gasteiger partial charge in [-0.2, -0.15) is 0 Å². The minimum absolute atomic E-state index is 0.0694. The van der Waals surface area contributed by atoms with Gasteiger partial charge in [0.25, 0.3) is 10.8 Å². The lowest BCUT2D eigenvalue weighted by Gasteiger charge is -2.22. The lowest BCUT2D eigenvalue weighted by molar-refractivity contribution is -0.116. The summed E-state index contributed by atoms with van der Waals surface area (Å²) in [6.45, 7) is 4.03. The topological polar surface area (TPSA) is 140 Å². The first-order valence-corrected chi connectivity index (χ1v) is 11.9. The van der Waals surface area contributed by atoms with Crippen LogP contribution in [0.1, 0.15) is 18.1 Å². The van der Waals surface area contributed by atoms with Gasteiger partial charge >= 0.3 is 5.69 Å². The van der Waals surface area contributed by atoms with E-state index >= 15 is 0 Å². The first kappa shape index (κ1) is 24.0. The number of nitrogens with two attached hydrogens (primary N) is 1. The molecule has 0 unspecified atom stereocenters. The van der Waals surface area contributed by atoms with Crippen LogP contribution in [0.5, 0.6) is 0 Å². The summed E-state index contributed by atoms with van der Waals surface area (Å²) in [5.41, 5.74) is 7.50. The highest BCUT2D eigenvalue weighted by molar-refractivity contribution is 7.99. The maximum Gasteiger partial charge on any atom is 0.330 e. The van der Waals surface area contributed by atoms with Crippen LogP contribution in [0.4, 0.5) is 11.5 Å². The number of H-pyrrole nitrogens is 1. The van der Waals surface area contributed by atoms with E-state index in [-0.39, 0.29) is 35.6 Å². The van der Waals surface area contributed by atoms with Crippen molar-refractivity contribution in [3.63, 3.8) is 0 Å². The van der Waals surface area contributed by atoms with Gasteiger partial charge in [-0.05, 0) is 31.5 Å². The normalized spacial score (nSPS) is 10.9. The Kier molecular flexibility index (Phi) is 7.16. The molecule has 2 heterocycles. The SMILES string of the molecule is CCN(C(=O)CSc1nnc(-c2ccc(C)cc2)o1)c1c(N)n(Cc2ccccc2)c(=O)[nH]c1=O. The summed E-state index contributed by atoms with van der Waals surface area (Å²) in [5.74, 6) is -0.196. The van der Waals surface area contributed by atoms with E-state index < -0.39 is 17.2 Å². The molecule has 1 amide bonds. The Labute approximate surface area is 204 Å². The van der Waals surface area contributed by atoms with Crippen molar-refractivity contribution in [1.82, 2.24) is 19.7 Å². The number of nitrogen functional groups attached to an aromatic ring is 1. The van der Waals surface area contributed by atoms with Crippen molar-refractivity contribution in [2.45, 2.75) is 25.6 Å². The molecule has 2 aromatic heterocycles. The third kappa shape index (κ3) is 5.35. The summed E-state index contributed by atoms with van der Waals surface area (Å²) in [6.07, 6.45) is 0. The molecule has 0 aliphatic carbocycles. The highest BCUT2D eigenvalue weighted by atomic mass is 32.2. The lowest BCUT2D eigenvalue weighted by Crippen LogP contribution is -2.41. The van der Waals surface area contributed by atoms with Gasteiger partial charge in [-0.1, -0.05) is 59.8 Å². The number of hydrogen-bond donors (Lipinski definition) is 2. The standard InChI is InChI=1S/C24H24N6O4S/c1-3-29(18(31)14-35-24-28-27-22(34-24)17-11-9-15(2)10-12-17)19-20(25)30(23(33)26-21(19)32)13-16-7-5-4-6-8-16/h4-12H,3,13-14,25H2,1-2H3,(H,26,32,33). The van der Waals surface area contributed by atoms with Gasteiger partial charge in [-0.25, -0.2) is 4.79 Å². The molecule has 0 atom stereocenters. The van der Waals surface area contributed by atoms with Crippen LogP contribution in [0, 0.1) is 6.92 Å². The summed E-state index contributed by atoms with van der Waals surface area (Å²) in [4.78, 5) is 41.6. The monoisotopic (exact) mass is 492 g/mol. The van der Waals surface area contributed by atoms with Crippen molar-refractivity contribution in [1.29, 1.82) is 0 Å². The Bertz CT molecular complexity index is 1440. The molecule has 0 fully saturated rings. The van der Waals surface area contributed by atoms with Gasteiger partial charge in [0, 0.05) is 12.1 Å². The quantitative estimate of drug-likeness (QED) is 0.358. The van der Waals surface area contributed by atoms with Crippen LogP contribution in [0.2, 0.25) is 0 Å². The Hall–Kier alpha value is -4.12. The fourth-order valence-electron chi connectivity index (χ4n) is 3.50. The van der Waals surface area contributed by atoms with Crippen LogP contribution in [-0.2, 0) is 11.3 Å². The van der Waals surface area contributed by atoms with E-state index in [0.29, 0.717) is 5.89 Å². The largest absolute Gasteiger partial charge is 0.411 e. The minimum atomic E-state index is -0.726. The zero-order valence-corrected chi connectivity index (χ0v) is 20.0. The molecule has 3 N–H and O–H groups in total. The van der Waals surface area contributed by atoms with Gasteiger partial charge in [0.15, 0.2) is 5.69 Å². The zero-order chi connectivity index (χ0) is 24.9. The number of aromatic nitrogens is 4. The third-order valence-electron chi connectivity index (χ3n) is 5.31. The summed E-state index contributed by atoms with van der Waals surface area (Å²) in [5, 5.41) is 8.24. The molecular formula is C24H24N6O4S. The highest BCUT2D eigenvalue weighted by Crippen LogP contribution is 2.25. The summed E-state index contributed by atoms with van der Waals surface area (Å²) in [7, 11) is 0. The Morgan fingerprint density at radius 3 is 2.51 bits per heavy atom. The molecular weight excluding hydrogens is 468 g/mol. The molecule has 0 bridgehead atoms. The second-order valence-electron chi connectivity index (χ2n) is 7.73. The molecule has 35 heavy (non-hydrogen) atoms. The molecule has 0 saturated heterocycles. The highest BCUT2D eigenvalue weighted by Gasteiger charge is 2.24.